The van der Waals surface area contributed by atoms with Crippen LogP contribution in [0.25, 0.3) is 0 Å². The van der Waals surface area contributed by atoms with Gasteiger partial charge in [0.1, 0.15) is 0 Å². The Morgan fingerprint density at radius 2 is 2.22 bits per heavy atom. The molecule has 2 N–H and O–H groups in total. The van der Waals surface area contributed by atoms with Gasteiger partial charge in [-0.2, -0.15) is 0 Å². The molecule has 0 aromatic carbocycles. The second kappa shape index (κ2) is 5.15. The summed E-state index contributed by atoms with van der Waals surface area (Å²) in [5.41, 5.74) is 0. The Balaban J connectivity index is 1.53. The van der Waals surface area contributed by atoms with E-state index in [1.165, 1.54) is 0 Å². The topological polar surface area (TPSA) is 57.1 Å². The minimum Gasteiger partial charge on any atom is -0.483 e. The molecule has 2 aliphatic heterocycles. The largest absolute Gasteiger partial charge is 0.483 e. The van der Waals surface area contributed by atoms with E-state index < -0.39 is 0 Å². The summed E-state index contributed by atoms with van der Waals surface area (Å²) < 4.78 is 5.41. The molecule has 0 bridgehead atoms. The maximum atomic E-state index is 9.15. The third-order valence-corrected chi connectivity index (χ3v) is 4.38. The number of aliphatic hydroxyl groups excluding tert-OH is 1. The fourth-order valence-corrected chi connectivity index (χ4v) is 3.02. The summed E-state index contributed by atoms with van der Waals surface area (Å²) in [4.78, 5) is 7.08. The molecule has 2 fully saturated rings. The maximum absolute atomic E-state index is 9.15. The Labute approximate surface area is 108 Å². The number of rotatable bonds is 3. The second-order valence-corrected chi connectivity index (χ2v) is 5.73. The smallest absolute Gasteiger partial charge is 0.202 e. The van der Waals surface area contributed by atoms with Crippen molar-refractivity contribution in [3.63, 3.8) is 0 Å². The van der Waals surface area contributed by atoms with Crippen molar-refractivity contribution in [2.45, 2.75) is 37.4 Å². The Bertz CT molecular complexity index is 326. The molecule has 5 heteroatoms. The Morgan fingerprint density at radius 1 is 1.44 bits per heavy atom. The van der Waals surface area contributed by atoms with E-state index in [0.717, 1.165) is 44.8 Å². The van der Waals surface area contributed by atoms with Crippen LogP contribution in [0.4, 0.5) is 0 Å². The average Bonchev–Trinajstić information content (AvgIpc) is 3.16. The predicted molar refractivity (Wildman–Crippen MR) is 69.8 cm³/mol. The lowest BCUT2D eigenvalue weighted by Crippen LogP contribution is -2.51. The molecular weight excluding hydrogens is 230 g/mol. The van der Waals surface area contributed by atoms with Crippen LogP contribution < -0.4 is 5.32 Å². The van der Waals surface area contributed by atoms with Crippen molar-refractivity contribution < 1.29 is 9.84 Å². The molecule has 0 aromatic rings. The summed E-state index contributed by atoms with van der Waals surface area (Å²) in [5, 5.41) is 12.8. The molecule has 3 rings (SSSR count). The van der Waals surface area contributed by atoms with Crippen LogP contribution >= 0.6 is 0 Å². The van der Waals surface area contributed by atoms with Crippen LogP contribution in [0.3, 0.4) is 0 Å². The number of ether oxygens (including phenoxy) is 1. The van der Waals surface area contributed by atoms with Gasteiger partial charge in [-0.1, -0.05) is 0 Å². The van der Waals surface area contributed by atoms with Crippen LogP contribution in [0.2, 0.25) is 0 Å². The summed E-state index contributed by atoms with van der Waals surface area (Å²) in [5.74, 6) is 1.38. The summed E-state index contributed by atoms with van der Waals surface area (Å²) in [6.07, 6.45) is 3.37. The van der Waals surface area contributed by atoms with E-state index in [0.29, 0.717) is 24.6 Å². The highest BCUT2D eigenvalue weighted by Crippen LogP contribution is 2.30. The Hall–Kier alpha value is -0.650. The highest BCUT2D eigenvalue weighted by atomic mass is 16.5. The van der Waals surface area contributed by atoms with Gasteiger partial charge in [-0.3, -0.25) is 5.32 Å². The number of hydrogen-bond acceptors (Lipinski definition) is 5. The quantitative estimate of drug-likeness (QED) is 0.734. The first-order valence-electron chi connectivity index (χ1n) is 7.01. The molecule has 1 saturated carbocycles. The number of piperidine rings is 1. The fraction of sp³-hybridized carbons (Fsp3) is 0.923. The monoisotopic (exact) mass is 253 g/mol. The number of nitrogens with zero attached hydrogens (tertiary/aromatic N) is 2. The number of likely N-dealkylation sites (tertiary alicyclic amines) is 1. The molecule has 102 valence electrons. The molecule has 5 nitrogen and oxygen atoms in total. The zero-order chi connectivity index (χ0) is 12.5. The third kappa shape index (κ3) is 2.53. The molecule has 0 amide bonds. The molecular formula is C13H23N3O2. The van der Waals surface area contributed by atoms with E-state index in [-0.39, 0.29) is 6.04 Å². The highest BCUT2D eigenvalue weighted by Gasteiger charge is 2.44. The molecule has 0 aromatic heterocycles. The van der Waals surface area contributed by atoms with Crippen LogP contribution in [0.1, 0.15) is 19.3 Å². The van der Waals surface area contributed by atoms with Gasteiger partial charge in [0.25, 0.3) is 0 Å². The summed E-state index contributed by atoms with van der Waals surface area (Å²) in [6, 6.07) is 1.31. The van der Waals surface area contributed by atoms with Gasteiger partial charge in [0.05, 0.1) is 19.2 Å². The number of aliphatic imine (C=N–C) groups is 1. The van der Waals surface area contributed by atoms with E-state index in [4.69, 9.17) is 9.84 Å². The van der Waals surface area contributed by atoms with Crippen LogP contribution in [0.5, 0.6) is 0 Å². The third-order valence-electron chi connectivity index (χ3n) is 4.38. The zero-order valence-electron chi connectivity index (χ0n) is 11.0. The normalized spacial score (nSPS) is 37.0. The van der Waals surface area contributed by atoms with E-state index >= 15 is 0 Å². The molecule has 3 aliphatic rings. The van der Waals surface area contributed by atoms with Crippen molar-refractivity contribution in [1.82, 2.24) is 10.2 Å². The molecule has 3 atom stereocenters. The van der Waals surface area contributed by atoms with Crippen LogP contribution in [0, 0.1) is 5.92 Å². The first-order valence-corrected chi connectivity index (χ1v) is 7.01. The average molecular weight is 253 g/mol. The van der Waals surface area contributed by atoms with Crippen LogP contribution in [0.15, 0.2) is 4.99 Å². The first-order chi connectivity index (χ1) is 8.80. The molecule has 18 heavy (non-hydrogen) atoms. The number of hydrogen-bond donors (Lipinski definition) is 2. The van der Waals surface area contributed by atoms with Crippen molar-refractivity contribution in [3.05, 3.63) is 0 Å². The maximum Gasteiger partial charge on any atom is 0.202 e. The predicted octanol–water partition coefficient (Wildman–Crippen LogP) is -0.152. The van der Waals surface area contributed by atoms with Gasteiger partial charge >= 0.3 is 0 Å². The molecule has 1 aliphatic carbocycles. The number of nitrogens with one attached hydrogen (secondary N) is 1. The van der Waals surface area contributed by atoms with Gasteiger partial charge in [0.2, 0.25) is 5.90 Å². The molecule has 3 unspecified atom stereocenters. The van der Waals surface area contributed by atoms with Gasteiger partial charge in [0.15, 0.2) is 0 Å². The lowest BCUT2D eigenvalue weighted by molar-refractivity contribution is 0.126. The van der Waals surface area contributed by atoms with Gasteiger partial charge in [-0.05, 0) is 38.3 Å². The lowest BCUT2D eigenvalue weighted by Gasteiger charge is -2.34. The van der Waals surface area contributed by atoms with Gasteiger partial charge in [-0.25, -0.2) is 4.99 Å². The zero-order valence-corrected chi connectivity index (χ0v) is 11.0. The van der Waals surface area contributed by atoms with E-state index in [1.807, 2.05) is 0 Å². The number of methoxy groups -OCH3 is 1. The fourth-order valence-electron chi connectivity index (χ4n) is 3.02. The van der Waals surface area contributed by atoms with Crippen LogP contribution in [-0.4, -0.2) is 67.4 Å². The van der Waals surface area contributed by atoms with Gasteiger partial charge in [0, 0.05) is 19.2 Å². The second-order valence-electron chi connectivity index (χ2n) is 5.73. The molecule has 1 saturated heterocycles. The number of fused-ring (bicyclic) bond motifs is 1. The Kier molecular flexibility index (Phi) is 3.54. The minimum absolute atomic E-state index is 0.254. The highest BCUT2D eigenvalue weighted by molar-refractivity contribution is 5.83. The van der Waals surface area contributed by atoms with Crippen LogP contribution in [-0.2, 0) is 4.74 Å². The van der Waals surface area contributed by atoms with E-state index in [2.05, 4.69) is 15.2 Å². The Morgan fingerprint density at radius 3 is 2.89 bits per heavy atom. The van der Waals surface area contributed by atoms with Gasteiger partial charge in [-0.15, -0.1) is 0 Å². The SMILES string of the molecule is COC1=NC2CC2NC1CN1CCC(CO)CC1. The molecule has 2 heterocycles. The van der Waals surface area contributed by atoms with E-state index in [9.17, 15) is 0 Å². The summed E-state index contributed by atoms with van der Waals surface area (Å²) >= 11 is 0. The minimum atomic E-state index is 0.254. The standard InChI is InChI=1S/C13H23N3O2/c1-18-13-12(14-10-6-11(10)15-13)7-16-4-2-9(8-17)3-5-16/h9-12,14,17H,2-8H2,1H3. The van der Waals surface area contributed by atoms with Crippen molar-refractivity contribution in [3.8, 4) is 0 Å². The first kappa shape index (κ1) is 12.4. The molecule has 0 spiro atoms. The molecule has 0 radical (unpaired) electrons. The van der Waals surface area contributed by atoms with Crippen molar-refractivity contribution in [1.29, 1.82) is 0 Å². The van der Waals surface area contributed by atoms with Crippen molar-refractivity contribution >= 4 is 5.90 Å². The van der Waals surface area contributed by atoms with Gasteiger partial charge < -0.3 is 14.7 Å². The lowest BCUT2D eigenvalue weighted by atomic mass is 9.97. The van der Waals surface area contributed by atoms with Crippen molar-refractivity contribution in [2.75, 3.05) is 33.4 Å². The number of aliphatic hydroxyl groups is 1. The summed E-state index contributed by atoms with van der Waals surface area (Å²) in [7, 11) is 1.72. The van der Waals surface area contributed by atoms with Crippen molar-refractivity contribution in [2.24, 2.45) is 10.9 Å². The summed E-state index contributed by atoms with van der Waals surface area (Å²) in [6.45, 7) is 3.47. The van der Waals surface area contributed by atoms with E-state index in [1.54, 1.807) is 7.11 Å².